The highest BCUT2D eigenvalue weighted by molar-refractivity contribution is 5.84. The number of carbonyl (C=O) groups is 2. The Morgan fingerprint density at radius 1 is 1.26 bits per heavy atom. The van der Waals surface area contributed by atoms with Crippen molar-refractivity contribution in [2.45, 2.75) is 102 Å². The molecule has 2 aliphatic rings. The number of alkyl halides is 2. The summed E-state index contributed by atoms with van der Waals surface area (Å²) in [6, 6.07) is 0. The van der Waals surface area contributed by atoms with Crippen LogP contribution in [0.25, 0.3) is 0 Å². The van der Waals surface area contributed by atoms with E-state index in [2.05, 4.69) is 0 Å². The third kappa shape index (κ3) is 5.47. The van der Waals surface area contributed by atoms with Crippen LogP contribution in [0.2, 0.25) is 0 Å². The Labute approximate surface area is 159 Å². The van der Waals surface area contributed by atoms with E-state index < -0.39 is 30.2 Å². The number of ketones is 1. The molecule has 1 saturated heterocycles. The van der Waals surface area contributed by atoms with Crippen LogP contribution in [0.15, 0.2) is 0 Å². The lowest BCUT2D eigenvalue weighted by Crippen LogP contribution is -2.55. The topological polar surface area (TPSA) is 83.8 Å². The summed E-state index contributed by atoms with van der Waals surface area (Å²) >= 11 is 0. The lowest BCUT2D eigenvalue weighted by Gasteiger charge is -2.43. The van der Waals surface area contributed by atoms with Crippen LogP contribution in [0, 0.1) is 11.8 Å². The van der Waals surface area contributed by atoms with Crippen molar-refractivity contribution in [3.05, 3.63) is 0 Å². The third-order valence-electron chi connectivity index (χ3n) is 6.04. The van der Waals surface area contributed by atoms with Crippen LogP contribution in [0.4, 0.5) is 8.78 Å². The molecule has 27 heavy (non-hydrogen) atoms. The molecule has 2 fully saturated rings. The molecule has 0 amide bonds. The number of carbonyl (C=O) groups excluding carboxylic acids is 1. The van der Waals surface area contributed by atoms with Gasteiger partial charge in [0.2, 0.25) is 5.79 Å². The second kappa shape index (κ2) is 9.41. The van der Waals surface area contributed by atoms with Crippen molar-refractivity contribution in [2.24, 2.45) is 11.8 Å². The number of carboxylic acids is 1. The van der Waals surface area contributed by atoms with Gasteiger partial charge in [-0.15, -0.1) is 0 Å². The van der Waals surface area contributed by atoms with Gasteiger partial charge < -0.3 is 14.9 Å². The van der Waals surface area contributed by atoms with E-state index in [0.717, 1.165) is 19.3 Å². The average molecular weight is 390 g/mol. The van der Waals surface area contributed by atoms with Crippen LogP contribution in [-0.2, 0) is 14.3 Å². The number of halogens is 2. The molecule has 1 aliphatic carbocycles. The fraction of sp³-hybridized carbons (Fsp3) is 0.900. The zero-order valence-corrected chi connectivity index (χ0v) is 16.1. The number of aliphatic carboxylic acids is 1. The molecule has 1 aliphatic heterocycles. The van der Waals surface area contributed by atoms with Crippen LogP contribution >= 0.6 is 0 Å². The van der Waals surface area contributed by atoms with Gasteiger partial charge in [-0.2, -0.15) is 0 Å². The quantitative estimate of drug-likeness (QED) is 0.514. The Morgan fingerprint density at radius 2 is 1.96 bits per heavy atom. The van der Waals surface area contributed by atoms with E-state index in [9.17, 15) is 23.5 Å². The number of ether oxygens (including phenoxy) is 1. The Kier molecular flexibility index (Phi) is 7.74. The molecule has 0 radical (unpaired) electrons. The van der Waals surface area contributed by atoms with Gasteiger partial charge in [0, 0.05) is 31.6 Å². The van der Waals surface area contributed by atoms with Gasteiger partial charge in [0.15, 0.2) is 0 Å². The van der Waals surface area contributed by atoms with E-state index >= 15 is 0 Å². The maximum atomic E-state index is 14.4. The van der Waals surface area contributed by atoms with Crippen LogP contribution in [0.1, 0.15) is 84.0 Å². The second-order valence-electron chi connectivity index (χ2n) is 8.07. The van der Waals surface area contributed by atoms with Gasteiger partial charge in [-0.25, -0.2) is 8.78 Å². The first-order valence-electron chi connectivity index (χ1n) is 10.2. The summed E-state index contributed by atoms with van der Waals surface area (Å²) in [5, 5.41) is 19.1. The van der Waals surface area contributed by atoms with Gasteiger partial charge in [0.25, 0.3) is 0 Å². The molecule has 0 spiro atoms. The van der Waals surface area contributed by atoms with Crippen molar-refractivity contribution in [1.82, 2.24) is 0 Å². The number of unbranched alkanes of at least 4 members (excludes halogenated alkanes) is 4. The van der Waals surface area contributed by atoms with Gasteiger partial charge in [0.1, 0.15) is 5.78 Å². The number of hydrogen-bond acceptors (Lipinski definition) is 4. The van der Waals surface area contributed by atoms with E-state index in [1.807, 2.05) is 6.92 Å². The predicted octanol–water partition coefficient (Wildman–Crippen LogP) is 4.31. The first kappa shape index (κ1) is 22.2. The van der Waals surface area contributed by atoms with Crippen molar-refractivity contribution in [3.8, 4) is 0 Å². The SMILES string of the molecule is CCCCC(F)(F)[C@@]1(O)CCC2C(CC(=O)[C@@H]2CCCCCCC(=O)O)O1. The smallest absolute Gasteiger partial charge is 0.303 e. The Bertz CT molecular complexity index is 525. The maximum Gasteiger partial charge on any atom is 0.303 e. The standard InChI is InChI=1S/C20H32F2O5/c1-2-3-11-19(21,22)20(26)12-10-15-14(16(23)13-17(15)27-20)8-6-4-5-7-9-18(24)25/h14-15,17,26H,2-13H2,1H3,(H,24,25)/t14-,15?,17?,20-/m1/s1. The highest BCUT2D eigenvalue weighted by Crippen LogP contribution is 2.49. The lowest BCUT2D eigenvalue weighted by atomic mass is 9.81. The zero-order chi connectivity index (χ0) is 20.1. The number of aliphatic hydroxyl groups is 1. The van der Waals surface area contributed by atoms with Crippen LogP contribution in [0.5, 0.6) is 0 Å². The summed E-state index contributed by atoms with van der Waals surface area (Å²) < 4.78 is 34.3. The monoisotopic (exact) mass is 390 g/mol. The molecular formula is C20H32F2O5. The van der Waals surface area contributed by atoms with E-state index in [1.165, 1.54) is 0 Å². The van der Waals surface area contributed by atoms with Gasteiger partial charge in [-0.3, -0.25) is 9.59 Å². The number of hydrogen-bond donors (Lipinski definition) is 2. The fourth-order valence-corrected chi connectivity index (χ4v) is 4.42. The van der Waals surface area contributed by atoms with E-state index in [1.54, 1.807) is 0 Å². The van der Waals surface area contributed by atoms with Gasteiger partial charge in [-0.1, -0.05) is 32.6 Å². The molecule has 0 bridgehead atoms. The molecule has 4 atom stereocenters. The third-order valence-corrected chi connectivity index (χ3v) is 6.04. The van der Waals surface area contributed by atoms with E-state index in [-0.39, 0.29) is 36.9 Å². The first-order valence-corrected chi connectivity index (χ1v) is 10.2. The highest BCUT2D eigenvalue weighted by Gasteiger charge is 2.59. The van der Waals surface area contributed by atoms with E-state index in [0.29, 0.717) is 32.1 Å². The first-order chi connectivity index (χ1) is 12.7. The highest BCUT2D eigenvalue weighted by atomic mass is 19.3. The van der Waals surface area contributed by atoms with Crippen molar-refractivity contribution in [1.29, 1.82) is 0 Å². The van der Waals surface area contributed by atoms with Gasteiger partial charge >= 0.3 is 11.9 Å². The lowest BCUT2D eigenvalue weighted by molar-refractivity contribution is -0.356. The molecule has 2 rings (SSSR count). The molecule has 5 nitrogen and oxygen atoms in total. The Hall–Kier alpha value is -1.08. The number of rotatable bonds is 11. The molecule has 1 heterocycles. The Morgan fingerprint density at radius 3 is 2.63 bits per heavy atom. The van der Waals surface area contributed by atoms with Crippen molar-refractivity contribution < 1.29 is 33.3 Å². The summed E-state index contributed by atoms with van der Waals surface area (Å²) in [5.74, 6) is -6.82. The molecule has 2 N–H and O–H groups in total. The summed E-state index contributed by atoms with van der Waals surface area (Å²) in [6.45, 7) is 1.82. The van der Waals surface area contributed by atoms with Crippen molar-refractivity contribution in [2.75, 3.05) is 0 Å². The molecule has 2 unspecified atom stereocenters. The van der Waals surface area contributed by atoms with Crippen LogP contribution < -0.4 is 0 Å². The normalized spacial score (nSPS) is 31.1. The minimum absolute atomic E-state index is 0.0386. The van der Waals surface area contributed by atoms with Gasteiger partial charge in [0.05, 0.1) is 6.10 Å². The summed E-state index contributed by atoms with van der Waals surface area (Å²) in [6.07, 6.45) is 4.17. The van der Waals surface area contributed by atoms with Crippen molar-refractivity contribution >= 4 is 11.8 Å². The summed E-state index contributed by atoms with van der Waals surface area (Å²) in [4.78, 5) is 22.8. The minimum atomic E-state index is -3.31. The number of Topliss-reactive ketones (excluding diaryl/α,β-unsaturated/α-hetero) is 1. The molecule has 0 aromatic heterocycles. The zero-order valence-electron chi connectivity index (χ0n) is 16.1. The fourth-order valence-electron chi connectivity index (χ4n) is 4.42. The molecule has 0 aromatic rings. The van der Waals surface area contributed by atoms with Crippen LogP contribution in [-0.4, -0.2) is 39.8 Å². The minimum Gasteiger partial charge on any atom is -0.481 e. The van der Waals surface area contributed by atoms with Crippen molar-refractivity contribution in [3.63, 3.8) is 0 Å². The molecule has 156 valence electrons. The van der Waals surface area contributed by atoms with Gasteiger partial charge in [-0.05, 0) is 31.6 Å². The van der Waals surface area contributed by atoms with Crippen LogP contribution in [0.3, 0.4) is 0 Å². The predicted molar refractivity (Wildman–Crippen MR) is 95.5 cm³/mol. The number of fused-ring (bicyclic) bond motifs is 1. The summed E-state index contributed by atoms with van der Waals surface area (Å²) in [7, 11) is 0. The van der Waals surface area contributed by atoms with E-state index in [4.69, 9.17) is 9.84 Å². The summed E-state index contributed by atoms with van der Waals surface area (Å²) in [5.41, 5.74) is 0. The molecule has 7 heteroatoms. The second-order valence-corrected chi connectivity index (χ2v) is 8.07. The Balaban J connectivity index is 1.84. The molecular weight excluding hydrogens is 358 g/mol. The molecule has 0 aromatic carbocycles. The molecule has 1 saturated carbocycles. The largest absolute Gasteiger partial charge is 0.481 e. The number of carboxylic acid groups (broad SMARTS) is 1. The maximum absolute atomic E-state index is 14.4. The average Bonchev–Trinajstić information content (AvgIpc) is 2.90.